The molecule has 33 heavy (non-hydrogen) atoms. The number of benzene rings is 2. The molecular formula is C26H23N3O3S. The molecule has 0 aliphatic heterocycles. The molecule has 166 valence electrons. The molecule has 0 spiro atoms. The van der Waals surface area contributed by atoms with Crippen LogP contribution in [0.5, 0.6) is 0 Å². The summed E-state index contributed by atoms with van der Waals surface area (Å²) in [5, 5.41) is 3.36. The highest BCUT2D eigenvalue weighted by atomic mass is 32.1. The molecule has 4 rings (SSSR count). The predicted molar refractivity (Wildman–Crippen MR) is 131 cm³/mol. The molecular weight excluding hydrogens is 434 g/mol. The number of anilines is 2. The van der Waals surface area contributed by atoms with Crippen molar-refractivity contribution in [3.63, 3.8) is 0 Å². The molecule has 0 aliphatic rings. The van der Waals surface area contributed by atoms with E-state index in [1.165, 1.54) is 29.9 Å². The minimum Gasteiger partial charge on any atom is -0.456 e. The number of rotatable bonds is 7. The first-order valence-electron chi connectivity index (χ1n) is 10.6. The monoisotopic (exact) mass is 457 g/mol. The first-order valence-corrected chi connectivity index (χ1v) is 11.5. The average Bonchev–Trinajstić information content (AvgIpc) is 3.30. The molecule has 0 bridgehead atoms. The van der Waals surface area contributed by atoms with Gasteiger partial charge in [0.05, 0.1) is 22.6 Å². The first kappa shape index (κ1) is 22.4. The highest BCUT2D eigenvalue weighted by Crippen LogP contribution is 2.29. The third kappa shape index (κ3) is 5.51. The standard InChI is InChI=1S/C26H23N3O3S/c1-3-19-8-13-23(14-9-19)29(18(2)30)26-28-22(17-33-26)16-32-25(31)15-12-21-11-10-20-6-4-5-7-24(20)27-21/h4-15,17H,3,16H2,1-2H3/b15-12+. The quantitative estimate of drug-likeness (QED) is 0.263. The Bertz CT molecular complexity index is 1310. The van der Waals surface area contributed by atoms with Gasteiger partial charge in [-0.1, -0.05) is 43.3 Å². The van der Waals surface area contributed by atoms with Crippen molar-refractivity contribution >= 4 is 51.0 Å². The number of esters is 1. The molecule has 0 atom stereocenters. The van der Waals surface area contributed by atoms with Crippen molar-refractivity contribution in [3.05, 3.63) is 89.1 Å². The van der Waals surface area contributed by atoms with Crippen LogP contribution in [0.2, 0.25) is 0 Å². The Morgan fingerprint density at radius 2 is 1.82 bits per heavy atom. The van der Waals surface area contributed by atoms with E-state index in [4.69, 9.17) is 4.74 Å². The lowest BCUT2D eigenvalue weighted by atomic mass is 10.1. The number of ether oxygens (including phenoxy) is 1. The zero-order valence-electron chi connectivity index (χ0n) is 18.4. The van der Waals surface area contributed by atoms with Crippen molar-refractivity contribution in [1.29, 1.82) is 0 Å². The van der Waals surface area contributed by atoms with Crippen molar-refractivity contribution in [2.75, 3.05) is 4.90 Å². The summed E-state index contributed by atoms with van der Waals surface area (Å²) >= 11 is 1.33. The third-order valence-electron chi connectivity index (χ3n) is 5.02. The Labute approximate surface area is 196 Å². The van der Waals surface area contributed by atoms with Gasteiger partial charge < -0.3 is 4.74 Å². The number of aromatic nitrogens is 2. The van der Waals surface area contributed by atoms with Gasteiger partial charge in [-0.25, -0.2) is 14.8 Å². The smallest absolute Gasteiger partial charge is 0.331 e. The topological polar surface area (TPSA) is 72.4 Å². The van der Waals surface area contributed by atoms with Gasteiger partial charge in [0, 0.05) is 23.8 Å². The Balaban J connectivity index is 1.39. The minimum absolute atomic E-state index is 0.0192. The summed E-state index contributed by atoms with van der Waals surface area (Å²) in [7, 11) is 0. The number of aryl methyl sites for hydroxylation is 1. The average molecular weight is 458 g/mol. The number of hydrogen-bond acceptors (Lipinski definition) is 6. The normalized spacial score (nSPS) is 11.1. The maximum Gasteiger partial charge on any atom is 0.331 e. The van der Waals surface area contributed by atoms with E-state index >= 15 is 0 Å². The lowest BCUT2D eigenvalue weighted by Gasteiger charge is -2.18. The summed E-state index contributed by atoms with van der Waals surface area (Å²) < 4.78 is 5.31. The predicted octanol–water partition coefficient (Wildman–Crippen LogP) is 5.69. The molecule has 4 aromatic rings. The van der Waals surface area contributed by atoms with E-state index in [0.29, 0.717) is 16.5 Å². The van der Waals surface area contributed by atoms with E-state index in [0.717, 1.165) is 23.0 Å². The summed E-state index contributed by atoms with van der Waals surface area (Å²) in [4.78, 5) is 35.0. The number of hydrogen-bond donors (Lipinski definition) is 0. The summed E-state index contributed by atoms with van der Waals surface area (Å²) in [6.07, 6.45) is 3.90. The van der Waals surface area contributed by atoms with Crippen LogP contribution < -0.4 is 4.90 Å². The van der Waals surface area contributed by atoms with Crippen molar-refractivity contribution < 1.29 is 14.3 Å². The van der Waals surface area contributed by atoms with Crippen LogP contribution in [0.4, 0.5) is 10.8 Å². The zero-order chi connectivity index (χ0) is 23.2. The molecule has 2 aromatic heterocycles. The molecule has 0 aliphatic carbocycles. The summed E-state index contributed by atoms with van der Waals surface area (Å²) in [5.74, 6) is -0.624. The highest BCUT2D eigenvalue weighted by molar-refractivity contribution is 7.14. The SMILES string of the molecule is CCc1ccc(N(C(C)=O)c2nc(COC(=O)/C=C/c3ccc4ccccc4n3)cs2)cc1. The van der Waals surface area contributed by atoms with Crippen LogP contribution in [0.15, 0.2) is 72.1 Å². The van der Waals surface area contributed by atoms with Gasteiger partial charge >= 0.3 is 5.97 Å². The van der Waals surface area contributed by atoms with Crippen LogP contribution in [0.25, 0.3) is 17.0 Å². The molecule has 0 saturated carbocycles. The molecule has 0 N–H and O–H groups in total. The fourth-order valence-corrected chi connectivity index (χ4v) is 4.17. The number of thiazole rings is 1. The lowest BCUT2D eigenvalue weighted by Crippen LogP contribution is -2.22. The van der Waals surface area contributed by atoms with Gasteiger partial charge in [0.2, 0.25) is 5.91 Å². The van der Waals surface area contributed by atoms with E-state index in [2.05, 4.69) is 16.9 Å². The number of amides is 1. The van der Waals surface area contributed by atoms with Crippen LogP contribution in [0.3, 0.4) is 0 Å². The number of para-hydroxylation sites is 1. The van der Waals surface area contributed by atoms with E-state index in [1.807, 2.05) is 60.7 Å². The van der Waals surface area contributed by atoms with Crippen molar-refractivity contribution in [1.82, 2.24) is 9.97 Å². The van der Waals surface area contributed by atoms with E-state index in [-0.39, 0.29) is 12.5 Å². The molecule has 2 aromatic carbocycles. The number of pyridine rings is 1. The minimum atomic E-state index is -0.488. The number of nitrogens with zero attached hydrogens (tertiary/aromatic N) is 3. The maximum absolute atomic E-state index is 12.3. The highest BCUT2D eigenvalue weighted by Gasteiger charge is 2.18. The van der Waals surface area contributed by atoms with Crippen LogP contribution >= 0.6 is 11.3 Å². The Kier molecular flexibility index (Phi) is 6.90. The molecule has 7 heteroatoms. The Morgan fingerprint density at radius 3 is 2.58 bits per heavy atom. The summed E-state index contributed by atoms with van der Waals surface area (Å²) in [5.41, 5.74) is 4.07. The van der Waals surface area contributed by atoms with Gasteiger partial charge in [-0.2, -0.15) is 0 Å². The molecule has 2 heterocycles. The fourth-order valence-electron chi connectivity index (χ4n) is 3.29. The van der Waals surface area contributed by atoms with E-state index in [9.17, 15) is 9.59 Å². The Hall–Kier alpha value is -3.84. The second-order valence-corrected chi connectivity index (χ2v) is 8.20. The number of carbonyl (C=O) groups is 2. The second kappa shape index (κ2) is 10.2. The lowest BCUT2D eigenvalue weighted by molar-refractivity contribution is -0.139. The number of fused-ring (bicyclic) bond motifs is 1. The van der Waals surface area contributed by atoms with Crippen LogP contribution in [0.1, 0.15) is 30.8 Å². The van der Waals surface area contributed by atoms with Crippen LogP contribution in [-0.2, 0) is 27.4 Å². The van der Waals surface area contributed by atoms with Crippen molar-refractivity contribution in [2.24, 2.45) is 0 Å². The van der Waals surface area contributed by atoms with Gasteiger partial charge in [-0.3, -0.25) is 9.69 Å². The molecule has 0 radical (unpaired) electrons. The van der Waals surface area contributed by atoms with Crippen molar-refractivity contribution in [2.45, 2.75) is 26.9 Å². The third-order valence-corrected chi connectivity index (χ3v) is 5.90. The van der Waals surface area contributed by atoms with Gasteiger partial charge in [-0.05, 0) is 42.3 Å². The molecule has 0 saturated heterocycles. The van der Waals surface area contributed by atoms with Crippen LogP contribution in [0, 0.1) is 0 Å². The second-order valence-electron chi connectivity index (χ2n) is 7.37. The molecule has 0 unspecified atom stereocenters. The number of carbonyl (C=O) groups excluding carboxylic acids is 2. The van der Waals surface area contributed by atoms with Crippen molar-refractivity contribution in [3.8, 4) is 0 Å². The summed E-state index contributed by atoms with van der Waals surface area (Å²) in [6.45, 7) is 3.60. The zero-order valence-corrected chi connectivity index (χ0v) is 19.2. The van der Waals surface area contributed by atoms with E-state index < -0.39 is 5.97 Å². The molecule has 6 nitrogen and oxygen atoms in total. The van der Waals surface area contributed by atoms with Gasteiger partial charge in [0.1, 0.15) is 6.61 Å². The van der Waals surface area contributed by atoms with Gasteiger partial charge in [0.25, 0.3) is 0 Å². The van der Waals surface area contributed by atoms with Gasteiger partial charge in [-0.15, -0.1) is 11.3 Å². The van der Waals surface area contributed by atoms with E-state index in [1.54, 1.807) is 16.4 Å². The van der Waals surface area contributed by atoms with Crippen LogP contribution in [-0.4, -0.2) is 21.8 Å². The fraction of sp³-hybridized carbons (Fsp3) is 0.154. The maximum atomic E-state index is 12.3. The largest absolute Gasteiger partial charge is 0.456 e. The molecule has 1 amide bonds. The Morgan fingerprint density at radius 1 is 1.03 bits per heavy atom. The first-order chi connectivity index (χ1) is 16.0. The van der Waals surface area contributed by atoms with Gasteiger partial charge in [0.15, 0.2) is 5.13 Å². The molecule has 0 fully saturated rings. The summed E-state index contributed by atoms with van der Waals surface area (Å²) in [6, 6.07) is 19.4.